The van der Waals surface area contributed by atoms with Crippen LogP contribution in [0.3, 0.4) is 0 Å². The Bertz CT molecular complexity index is 964. The summed E-state index contributed by atoms with van der Waals surface area (Å²) in [7, 11) is 1.43. The third-order valence-electron chi connectivity index (χ3n) is 4.91. The molecule has 1 aliphatic heterocycles. The molecule has 2 aromatic carbocycles. The van der Waals surface area contributed by atoms with Gasteiger partial charge < -0.3 is 20.5 Å². The molecule has 0 bridgehead atoms. The second-order valence-corrected chi connectivity index (χ2v) is 8.87. The highest BCUT2D eigenvalue weighted by atomic mass is 35.5. The summed E-state index contributed by atoms with van der Waals surface area (Å²) in [5.74, 6) is 1.74. The average Bonchev–Trinajstić information content (AvgIpc) is 2.75. The van der Waals surface area contributed by atoms with E-state index in [1.165, 1.54) is 19.2 Å². The minimum Gasteiger partial charge on any atom is -0.493 e. The van der Waals surface area contributed by atoms with E-state index in [0.717, 1.165) is 48.0 Å². The lowest BCUT2D eigenvalue weighted by atomic mass is 10.1. The molecule has 0 aromatic heterocycles. The van der Waals surface area contributed by atoms with Gasteiger partial charge in [0, 0.05) is 42.4 Å². The zero-order valence-electron chi connectivity index (χ0n) is 17.6. The normalized spacial score (nSPS) is 14.2. The molecule has 7 nitrogen and oxygen atoms in total. The maximum atomic E-state index is 12.9. The van der Waals surface area contributed by atoms with Gasteiger partial charge in [0.15, 0.2) is 18.1 Å². The number of methoxy groups -OCH3 is 1. The number of carbonyl (C=O) groups excluding carboxylic acids is 2. The number of nitrogens with two attached hydrogens (primary N) is 1. The summed E-state index contributed by atoms with van der Waals surface area (Å²) in [6, 6.07) is 9.11. The van der Waals surface area contributed by atoms with E-state index in [1.54, 1.807) is 0 Å². The van der Waals surface area contributed by atoms with Crippen LogP contribution in [0.25, 0.3) is 0 Å². The van der Waals surface area contributed by atoms with Crippen LogP contribution in [0.4, 0.5) is 5.69 Å². The van der Waals surface area contributed by atoms with Crippen molar-refractivity contribution in [3.63, 3.8) is 0 Å². The molecule has 0 saturated carbocycles. The molecular formula is C22H26ClN3O4S. The number of halogens is 1. The summed E-state index contributed by atoms with van der Waals surface area (Å²) >= 11 is 8.24. The lowest BCUT2D eigenvalue weighted by molar-refractivity contribution is -0.119. The van der Waals surface area contributed by atoms with Crippen molar-refractivity contribution in [2.45, 2.75) is 13.5 Å². The minimum absolute atomic E-state index is 0.152. The number of thioether (sulfide) groups is 1. The van der Waals surface area contributed by atoms with E-state index < -0.39 is 5.91 Å². The summed E-state index contributed by atoms with van der Waals surface area (Å²) in [6.07, 6.45) is 0. The monoisotopic (exact) mass is 463 g/mol. The third kappa shape index (κ3) is 6.29. The first kappa shape index (κ1) is 23.2. The highest BCUT2D eigenvalue weighted by Crippen LogP contribution is 2.36. The highest BCUT2D eigenvalue weighted by molar-refractivity contribution is 7.99. The number of rotatable bonds is 8. The molecule has 0 spiro atoms. The van der Waals surface area contributed by atoms with Crippen molar-refractivity contribution < 1.29 is 19.1 Å². The predicted octanol–water partition coefficient (Wildman–Crippen LogP) is 3.32. The number of nitrogens with zero attached hydrogens (tertiary/aromatic N) is 1. The van der Waals surface area contributed by atoms with Crippen molar-refractivity contribution in [3.05, 3.63) is 52.0 Å². The number of anilines is 1. The summed E-state index contributed by atoms with van der Waals surface area (Å²) in [6.45, 7) is 4.61. The van der Waals surface area contributed by atoms with Crippen LogP contribution in [0.1, 0.15) is 21.5 Å². The van der Waals surface area contributed by atoms with Gasteiger partial charge in [-0.2, -0.15) is 11.8 Å². The Labute approximate surface area is 191 Å². The number of ether oxygens (including phenoxy) is 2. The Morgan fingerprint density at radius 1 is 1.23 bits per heavy atom. The summed E-state index contributed by atoms with van der Waals surface area (Å²) in [5.41, 5.74) is 8.29. The Hall–Kier alpha value is -2.42. The molecule has 2 aromatic rings. The molecule has 3 rings (SSSR count). The van der Waals surface area contributed by atoms with E-state index in [0.29, 0.717) is 5.56 Å². The summed E-state index contributed by atoms with van der Waals surface area (Å²) < 4.78 is 10.6. The number of benzene rings is 2. The first-order valence-electron chi connectivity index (χ1n) is 9.87. The molecule has 0 aliphatic carbocycles. The number of aryl methyl sites for hydroxylation is 1. The molecule has 1 aliphatic rings. The molecule has 1 heterocycles. The minimum atomic E-state index is -0.640. The molecule has 1 saturated heterocycles. The molecule has 1 fully saturated rings. The van der Waals surface area contributed by atoms with Crippen molar-refractivity contribution in [2.24, 2.45) is 5.73 Å². The average molecular weight is 464 g/mol. The summed E-state index contributed by atoms with van der Waals surface area (Å²) in [4.78, 5) is 26.3. The first-order valence-corrected chi connectivity index (χ1v) is 11.4. The number of hydrogen-bond acceptors (Lipinski definition) is 6. The number of hydrogen-bond donors (Lipinski definition) is 2. The van der Waals surface area contributed by atoms with Crippen LogP contribution in [0.2, 0.25) is 5.02 Å². The number of primary amides is 1. The van der Waals surface area contributed by atoms with Crippen LogP contribution in [0.5, 0.6) is 11.5 Å². The largest absolute Gasteiger partial charge is 0.493 e. The topological polar surface area (TPSA) is 93.9 Å². The Balaban J connectivity index is 1.76. The van der Waals surface area contributed by atoms with E-state index in [9.17, 15) is 9.59 Å². The van der Waals surface area contributed by atoms with Gasteiger partial charge in [-0.3, -0.25) is 14.5 Å². The van der Waals surface area contributed by atoms with Crippen LogP contribution in [-0.4, -0.2) is 55.0 Å². The van der Waals surface area contributed by atoms with Crippen molar-refractivity contribution >= 4 is 40.9 Å². The van der Waals surface area contributed by atoms with Crippen LogP contribution < -0.4 is 20.5 Å². The standard InChI is InChI=1S/C22H26ClN3O4S/c1-14-3-4-15(12-26-5-7-31-8-6-26)9-18(14)25-22(28)16-10-17(23)21(19(11-16)29-2)30-13-20(24)27/h3-4,9-11H,5-8,12-13H2,1-2H3,(H2,24,27)(H,25,28). The van der Waals surface area contributed by atoms with Gasteiger partial charge >= 0.3 is 0 Å². The second kappa shape index (κ2) is 10.7. The van der Waals surface area contributed by atoms with Crippen molar-refractivity contribution in [1.82, 2.24) is 4.90 Å². The van der Waals surface area contributed by atoms with Crippen LogP contribution in [-0.2, 0) is 11.3 Å². The fourth-order valence-corrected chi connectivity index (χ4v) is 4.49. The fourth-order valence-electron chi connectivity index (χ4n) is 3.25. The Morgan fingerprint density at radius 2 is 1.97 bits per heavy atom. The highest BCUT2D eigenvalue weighted by Gasteiger charge is 2.18. The van der Waals surface area contributed by atoms with Gasteiger partial charge in [-0.05, 0) is 36.2 Å². The maximum absolute atomic E-state index is 12.9. The van der Waals surface area contributed by atoms with E-state index in [4.69, 9.17) is 26.8 Å². The van der Waals surface area contributed by atoms with Crippen LogP contribution >= 0.6 is 23.4 Å². The number of nitrogens with one attached hydrogen (secondary N) is 1. The van der Waals surface area contributed by atoms with Crippen molar-refractivity contribution in [1.29, 1.82) is 0 Å². The maximum Gasteiger partial charge on any atom is 0.255 e. The van der Waals surface area contributed by atoms with Gasteiger partial charge in [0.25, 0.3) is 11.8 Å². The van der Waals surface area contributed by atoms with Gasteiger partial charge in [0.1, 0.15) is 0 Å². The van der Waals surface area contributed by atoms with Gasteiger partial charge in [0.05, 0.1) is 12.1 Å². The first-order chi connectivity index (χ1) is 14.9. The van der Waals surface area contributed by atoms with E-state index in [1.807, 2.05) is 30.8 Å². The van der Waals surface area contributed by atoms with Gasteiger partial charge in [0.2, 0.25) is 0 Å². The number of amides is 2. The van der Waals surface area contributed by atoms with Crippen molar-refractivity contribution in [2.75, 3.05) is 43.6 Å². The predicted molar refractivity (Wildman–Crippen MR) is 124 cm³/mol. The molecule has 0 atom stereocenters. The smallest absolute Gasteiger partial charge is 0.255 e. The van der Waals surface area contributed by atoms with E-state index in [2.05, 4.69) is 16.3 Å². The lowest BCUT2D eigenvalue weighted by Gasteiger charge is -2.26. The fraction of sp³-hybridized carbons (Fsp3) is 0.364. The SMILES string of the molecule is COc1cc(C(=O)Nc2cc(CN3CCSCC3)ccc2C)cc(Cl)c1OCC(N)=O. The van der Waals surface area contributed by atoms with Crippen LogP contribution in [0, 0.1) is 6.92 Å². The summed E-state index contributed by atoms with van der Waals surface area (Å²) in [5, 5.41) is 3.11. The Morgan fingerprint density at radius 3 is 2.65 bits per heavy atom. The third-order valence-corrected chi connectivity index (χ3v) is 6.13. The van der Waals surface area contributed by atoms with E-state index >= 15 is 0 Å². The van der Waals surface area contributed by atoms with E-state index in [-0.39, 0.29) is 29.0 Å². The molecule has 166 valence electrons. The molecule has 3 N–H and O–H groups in total. The Kier molecular flexibility index (Phi) is 8.06. The molecule has 0 radical (unpaired) electrons. The zero-order valence-corrected chi connectivity index (χ0v) is 19.1. The number of carbonyl (C=O) groups is 2. The molecular weight excluding hydrogens is 438 g/mol. The second-order valence-electron chi connectivity index (χ2n) is 7.24. The zero-order chi connectivity index (χ0) is 22.4. The quantitative estimate of drug-likeness (QED) is 0.623. The van der Waals surface area contributed by atoms with Crippen molar-refractivity contribution in [3.8, 4) is 11.5 Å². The van der Waals surface area contributed by atoms with Gasteiger partial charge in [-0.25, -0.2) is 0 Å². The van der Waals surface area contributed by atoms with Gasteiger partial charge in [-0.1, -0.05) is 23.7 Å². The molecule has 31 heavy (non-hydrogen) atoms. The van der Waals surface area contributed by atoms with Crippen LogP contribution in [0.15, 0.2) is 30.3 Å². The molecule has 0 unspecified atom stereocenters. The van der Waals surface area contributed by atoms with Gasteiger partial charge in [-0.15, -0.1) is 0 Å². The lowest BCUT2D eigenvalue weighted by Crippen LogP contribution is -2.32. The molecule has 2 amide bonds. The molecule has 9 heteroatoms.